The summed E-state index contributed by atoms with van der Waals surface area (Å²) in [5, 5.41) is 0. The molecule has 0 saturated carbocycles. The molecule has 0 saturated heterocycles. The molecule has 0 aromatic heterocycles. The predicted octanol–water partition coefficient (Wildman–Crippen LogP) is 5.69. The summed E-state index contributed by atoms with van der Waals surface area (Å²) in [6.07, 6.45) is 0. The summed E-state index contributed by atoms with van der Waals surface area (Å²) in [5.41, 5.74) is 4.62. The molecule has 1 rings (SSSR count). The minimum Gasteiger partial charge on any atom is -0.412 e. The van der Waals surface area contributed by atoms with Crippen LogP contribution in [-0.4, -0.2) is 8.32 Å². The summed E-state index contributed by atoms with van der Waals surface area (Å²) in [5.74, 6) is 0. The van der Waals surface area contributed by atoms with Gasteiger partial charge in [-0.3, -0.25) is 0 Å². The van der Waals surface area contributed by atoms with Crippen molar-refractivity contribution in [3.8, 4) is 0 Å². The van der Waals surface area contributed by atoms with Gasteiger partial charge in [0.15, 0.2) is 0 Å². The highest BCUT2D eigenvalue weighted by molar-refractivity contribution is 6.77. The van der Waals surface area contributed by atoms with E-state index in [1.165, 1.54) is 11.1 Å². The molecule has 0 unspecified atom stereocenters. The Labute approximate surface area is 120 Å². The van der Waals surface area contributed by atoms with Gasteiger partial charge in [-0.25, -0.2) is 0 Å². The maximum Gasteiger partial charge on any atom is 0.200 e. The second-order valence-corrected chi connectivity index (χ2v) is 12.0. The molecular formula is C17H30OSi. The quantitative estimate of drug-likeness (QED) is 0.608. The maximum atomic E-state index is 6.62. The van der Waals surface area contributed by atoms with Gasteiger partial charge in [0.05, 0.1) is 6.61 Å². The smallest absolute Gasteiger partial charge is 0.200 e. The molecule has 19 heavy (non-hydrogen) atoms. The van der Waals surface area contributed by atoms with Crippen LogP contribution in [-0.2, 0) is 11.0 Å². The first-order chi connectivity index (χ1) is 8.82. The van der Waals surface area contributed by atoms with Gasteiger partial charge in [0.25, 0.3) is 0 Å². The van der Waals surface area contributed by atoms with E-state index in [0.29, 0.717) is 16.6 Å². The SMILES string of the molecule is Cc1ccccc1CO[Si](C(C)C)(C(C)C)C(C)C. The highest BCUT2D eigenvalue weighted by Gasteiger charge is 2.44. The molecule has 0 amide bonds. The lowest BCUT2D eigenvalue weighted by molar-refractivity contribution is 0.265. The van der Waals surface area contributed by atoms with Gasteiger partial charge in [-0.05, 0) is 34.7 Å². The number of benzene rings is 1. The Bertz CT molecular complexity index is 374. The molecule has 0 atom stereocenters. The van der Waals surface area contributed by atoms with Gasteiger partial charge in [-0.1, -0.05) is 65.8 Å². The van der Waals surface area contributed by atoms with Crippen LogP contribution in [0.25, 0.3) is 0 Å². The van der Waals surface area contributed by atoms with Crippen LogP contribution in [0, 0.1) is 6.92 Å². The van der Waals surface area contributed by atoms with Crippen molar-refractivity contribution in [2.45, 2.75) is 71.7 Å². The number of hydrogen-bond donors (Lipinski definition) is 0. The molecule has 0 fully saturated rings. The lowest BCUT2D eigenvalue weighted by Crippen LogP contribution is -2.47. The molecule has 108 valence electrons. The summed E-state index contributed by atoms with van der Waals surface area (Å²) in [6.45, 7) is 17.0. The van der Waals surface area contributed by atoms with Crippen LogP contribution in [0.2, 0.25) is 16.6 Å². The van der Waals surface area contributed by atoms with E-state index in [2.05, 4.69) is 72.7 Å². The molecule has 0 aliphatic heterocycles. The summed E-state index contributed by atoms with van der Waals surface area (Å²) in [7, 11) is -1.73. The lowest BCUT2D eigenvalue weighted by Gasteiger charge is -2.42. The summed E-state index contributed by atoms with van der Waals surface area (Å²) in [6, 6.07) is 8.56. The molecule has 0 radical (unpaired) electrons. The molecule has 0 aliphatic rings. The largest absolute Gasteiger partial charge is 0.412 e. The molecule has 1 aromatic rings. The third-order valence-corrected chi connectivity index (χ3v) is 10.5. The number of hydrogen-bond acceptors (Lipinski definition) is 1. The fourth-order valence-corrected chi connectivity index (χ4v) is 8.88. The second kappa shape index (κ2) is 6.71. The van der Waals surface area contributed by atoms with Crippen molar-refractivity contribution in [3.05, 3.63) is 35.4 Å². The fraction of sp³-hybridized carbons (Fsp3) is 0.647. The highest BCUT2D eigenvalue weighted by atomic mass is 28.4. The van der Waals surface area contributed by atoms with Gasteiger partial charge in [0.2, 0.25) is 8.32 Å². The topological polar surface area (TPSA) is 9.23 Å². The summed E-state index contributed by atoms with van der Waals surface area (Å²) >= 11 is 0. The fourth-order valence-electron chi connectivity index (χ4n) is 3.47. The van der Waals surface area contributed by atoms with Gasteiger partial charge < -0.3 is 4.43 Å². The van der Waals surface area contributed by atoms with Crippen LogP contribution < -0.4 is 0 Å². The monoisotopic (exact) mass is 278 g/mol. The van der Waals surface area contributed by atoms with Crippen LogP contribution >= 0.6 is 0 Å². The average Bonchev–Trinajstić information content (AvgIpc) is 2.30. The van der Waals surface area contributed by atoms with E-state index >= 15 is 0 Å². The Morgan fingerprint density at radius 3 is 1.79 bits per heavy atom. The molecule has 0 aliphatic carbocycles. The summed E-state index contributed by atoms with van der Waals surface area (Å²) < 4.78 is 6.62. The van der Waals surface area contributed by atoms with Crippen molar-refractivity contribution in [3.63, 3.8) is 0 Å². The molecular weight excluding hydrogens is 248 g/mol. The van der Waals surface area contributed by atoms with Crippen LogP contribution in [0.15, 0.2) is 24.3 Å². The summed E-state index contributed by atoms with van der Waals surface area (Å²) in [4.78, 5) is 0. The van der Waals surface area contributed by atoms with Gasteiger partial charge in [0.1, 0.15) is 0 Å². The molecule has 2 heteroatoms. The highest BCUT2D eigenvalue weighted by Crippen LogP contribution is 2.42. The van der Waals surface area contributed by atoms with E-state index in [-0.39, 0.29) is 0 Å². The molecule has 0 bridgehead atoms. The standard InChI is InChI=1S/C17H30OSi/c1-13(2)19(14(3)4,15(5)6)18-12-17-11-9-8-10-16(17)7/h8-11,13-15H,12H2,1-7H3. The maximum absolute atomic E-state index is 6.62. The van der Waals surface area contributed by atoms with Gasteiger partial charge >= 0.3 is 0 Å². The van der Waals surface area contributed by atoms with E-state index in [1.807, 2.05) is 0 Å². The van der Waals surface area contributed by atoms with E-state index < -0.39 is 8.32 Å². The van der Waals surface area contributed by atoms with Gasteiger partial charge in [0, 0.05) is 0 Å². The van der Waals surface area contributed by atoms with Crippen LogP contribution in [0.4, 0.5) is 0 Å². The zero-order valence-corrected chi connectivity index (χ0v) is 14.7. The van der Waals surface area contributed by atoms with E-state index in [1.54, 1.807) is 0 Å². The first-order valence-electron chi connectivity index (χ1n) is 7.50. The van der Waals surface area contributed by atoms with E-state index in [9.17, 15) is 0 Å². The van der Waals surface area contributed by atoms with Crippen molar-refractivity contribution in [2.75, 3.05) is 0 Å². The minimum absolute atomic E-state index is 0.650. The zero-order chi connectivity index (χ0) is 14.6. The third-order valence-electron chi connectivity index (χ3n) is 4.45. The van der Waals surface area contributed by atoms with Gasteiger partial charge in [-0.2, -0.15) is 0 Å². The Kier molecular flexibility index (Phi) is 5.81. The molecule has 1 nitrogen and oxygen atoms in total. The first kappa shape index (κ1) is 16.5. The molecule has 0 spiro atoms. The Morgan fingerprint density at radius 1 is 0.895 bits per heavy atom. The zero-order valence-electron chi connectivity index (χ0n) is 13.7. The van der Waals surface area contributed by atoms with Crippen molar-refractivity contribution < 1.29 is 4.43 Å². The van der Waals surface area contributed by atoms with Crippen molar-refractivity contribution in [2.24, 2.45) is 0 Å². The Morgan fingerprint density at radius 2 is 1.37 bits per heavy atom. The first-order valence-corrected chi connectivity index (χ1v) is 9.64. The third kappa shape index (κ3) is 3.49. The number of rotatable bonds is 6. The Balaban J connectivity index is 2.94. The van der Waals surface area contributed by atoms with Crippen molar-refractivity contribution in [1.29, 1.82) is 0 Å². The van der Waals surface area contributed by atoms with E-state index in [4.69, 9.17) is 4.43 Å². The predicted molar refractivity (Wildman–Crippen MR) is 87.0 cm³/mol. The van der Waals surface area contributed by atoms with Crippen molar-refractivity contribution in [1.82, 2.24) is 0 Å². The van der Waals surface area contributed by atoms with Crippen LogP contribution in [0.1, 0.15) is 52.7 Å². The van der Waals surface area contributed by atoms with Crippen molar-refractivity contribution >= 4 is 8.32 Å². The molecule has 0 N–H and O–H groups in total. The normalized spacial score (nSPS) is 12.7. The van der Waals surface area contributed by atoms with Gasteiger partial charge in [-0.15, -0.1) is 0 Å². The van der Waals surface area contributed by atoms with Crippen LogP contribution in [0.3, 0.4) is 0 Å². The molecule has 1 aromatic carbocycles. The van der Waals surface area contributed by atoms with E-state index in [0.717, 1.165) is 6.61 Å². The lowest BCUT2D eigenvalue weighted by atomic mass is 10.1. The number of aryl methyl sites for hydroxylation is 1. The second-order valence-electron chi connectivity index (χ2n) is 6.53. The molecule has 0 heterocycles. The minimum atomic E-state index is -1.73. The Hall–Kier alpha value is -0.603. The average molecular weight is 279 g/mol. The van der Waals surface area contributed by atoms with Crippen LogP contribution in [0.5, 0.6) is 0 Å².